The average Bonchev–Trinajstić information content (AvgIpc) is 2.89. The third kappa shape index (κ3) is 8.05. The quantitative estimate of drug-likeness (QED) is 0.285. The summed E-state index contributed by atoms with van der Waals surface area (Å²) in [6.07, 6.45) is 0.748. The molecule has 198 valence electrons. The van der Waals surface area contributed by atoms with Gasteiger partial charge < -0.3 is 14.8 Å². The lowest BCUT2D eigenvalue weighted by atomic mass is 10.2. The molecule has 0 aliphatic rings. The van der Waals surface area contributed by atoms with Crippen LogP contribution in [-0.4, -0.2) is 47.4 Å². The molecule has 0 aliphatic heterocycles. The van der Waals surface area contributed by atoms with Crippen LogP contribution < -0.4 is 19.1 Å². The molecule has 0 atom stereocenters. The minimum absolute atomic E-state index is 0.0955. The zero-order chi connectivity index (χ0) is 26.8. The van der Waals surface area contributed by atoms with Crippen molar-refractivity contribution in [2.75, 3.05) is 37.4 Å². The molecular weight excluding hydrogens is 532 g/mol. The normalized spacial score (nSPS) is 11.1. The first-order valence-electron chi connectivity index (χ1n) is 11.6. The average molecular weight is 563 g/mol. The van der Waals surface area contributed by atoms with Crippen molar-refractivity contribution >= 4 is 45.0 Å². The molecule has 7 nitrogen and oxygen atoms in total. The Balaban J connectivity index is 1.67. The number of amides is 1. The molecule has 0 saturated heterocycles. The molecule has 0 saturated carbocycles. The van der Waals surface area contributed by atoms with Gasteiger partial charge in [0.1, 0.15) is 6.54 Å². The summed E-state index contributed by atoms with van der Waals surface area (Å²) in [6, 6.07) is 19.0. The molecule has 3 aromatic rings. The zero-order valence-electron chi connectivity index (χ0n) is 21.1. The van der Waals surface area contributed by atoms with Crippen molar-refractivity contribution in [2.45, 2.75) is 24.0 Å². The summed E-state index contributed by atoms with van der Waals surface area (Å²) >= 11 is 7.77. The number of hydrogen-bond acceptors (Lipinski definition) is 6. The van der Waals surface area contributed by atoms with Crippen LogP contribution >= 0.6 is 23.4 Å². The molecule has 0 bridgehead atoms. The molecule has 0 heterocycles. The van der Waals surface area contributed by atoms with E-state index >= 15 is 0 Å². The number of ether oxygens (including phenoxy) is 2. The monoisotopic (exact) mass is 562 g/mol. The van der Waals surface area contributed by atoms with Crippen LogP contribution in [0.3, 0.4) is 0 Å². The number of halogens is 1. The highest BCUT2D eigenvalue weighted by atomic mass is 35.5. The first kappa shape index (κ1) is 28.7. The van der Waals surface area contributed by atoms with Gasteiger partial charge >= 0.3 is 0 Å². The van der Waals surface area contributed by atoms with E-state index < -0.39 is 15.9 Å². The number of thioether (sulfide) groups is 1. The second-order valence-electron chi connectivity index (χ2n) is 8.25. The SMILES string of the molecule is COc1ccc(N(CC(=O)NCCCSCc2cccc(Cl)c2)S(=O)(=O)c2ccc(C)cc2)cc1OC. The Morgan fingerprint density at radius 1 is 1.00 bits per heavy atom. The number of aryl methyl sites for hydroxylation is 1. The highest BCUT2D eigenvalue weighted by Gasteiger charge is 2.28. The summed E-state index contributed by atoms with van der Waals surface area (Å²) in [5.41, 5.74) is 2.38. The predicted octanol–water partition coefficient (Wildman–Crippen LogP) is 5.30. The minimum atomic E-state index is -4.02. The number of benzene rings is 3. The molecule has 0 aliphatic carbocycles. The van der Waals surface area contributed by atoms with Gasteiger partial charge in [0.05, 0.1) is 24.8 Å². The maximum absolute atomic E-state index is 13.6. The van der Waals surface area contributed by atoms with Gasteiger partial charge in [-0.15, -0.1) is 0 Å². The maximum Gasteiger partial charge on any atom is 0.264 e. The van der Waals surface area contributed by atoms with Crippen molar-refractivity contribution in [3.8, 4) is 11.5 Å². The number of anilines is 1. The van der Waals surface area contributed by atoms with E-state index in [1.807, 2.05) is 31.2 Å². The van der Waals surface area contributed by atoms with Crippen molar-refractivity contribution in [1.29, 1.82) is 0 Å². The lowest BCUT2D eigenvalue weighted by Crippen LogP contribution is -2.41. The van der Waals surface area contributed by atoms with Crippen molar-refractivity contribution in [2.24, 2.45) is 0 Å². The number of carbonyl (C=O) groups is 1. The van der Waals surface area contributed by atoms with E-state index in [0.717, 1.165) is 33.4 Å². The van der Waals surface area contributed by atoms with E-state index in [-0.39, 0.29) is 11.4 Å². The molecular formula is C27H31ClN2O5S2. The predicted molar refractivity (Wildman–Crippen MR) is 150 cm³/mol. The van der Waals surface area contributed by atoms with E-state index in [0.29, 0.717) is 28.8 Å². The van der Waals surface area contributed by atoms with Crippen molar-refractivity contribution in [1.82, 2.24) is 5.32 Å². The number of hydrogen-bond donors (Lipinski definition) is 1. The van der Waals surface area contributed by atoms with E-state index in [4.69, 9.17) is 21.1 Å². The first-order valence-corrected chi connectivity index (χ1v) is 14.6. The van der Waals surface area contributed by atoms with Gasteiger partial charge in [-0.05, 0) is 61.1 Å². The van der Waals surface area contributed by atoms with Crippen LogP contribution in [0.1, 0.15) is 17.5 Å². The van der Waals surface area contributed by atoms with Crippen LogP contribution in [0.5, 0.6) is 11.5 Å². The Bertz CT molecular complexity index is 1300. The Hall–Kier alpha value is -2.88. The Morgan fingerprint density at radius 2 is 1.73 bits per heavy atom. The molecule has 3 rings (SSSR count). The number of sulfonamides is 1. The van der Waals surface area contributed by atoms with E-state index in [1.54, 1.807) is 42.1 Å². The number of nitrogens with one attached hydrogen (secondary N) is 1. The fourth-order valence-electron chi connectivity index (χ4n) is 3.54. The van der Waals surface area contributed by atoms with Crippen LogP contribution in [0.2, 0.25) is 5.02 Å². The van der Waals surface area contributed by atoms with E-state index in [2.05, 4.69) is 5.32 Å². The van der Waals surface area contributed by atoms with Gasteiger partial charge in [0.25, 0.3) is 10.0 Å². The number of rotatable bonds is 13. The first-order chi connectivity index (χ1) is 17.7. The third-order valence-electron chi connectivity index (χ3n) is 5.50. The highest BCUT2D eigenvalue weighted by molar-refractivity contribution is 7.98. The molecule has 0 aromatic heterocycles. The second-order valence-corrected chi connectivity index (χ2v) is 11.7. The molecule has 37 heavy (non-hydrogen) atoms. The summed E-state index contributed by atoms with van der Waals surface area (Å²) in [7, 11) is -1.05. The van der Waals surface area contributed by atoms with Gasteiger partial charge in [-0.1, -0.05) is 41.4 Å². The second kappa shape index (κ2) is 13.6. The fraction of sp³-hybridized carbons (Fsp3) is 0.296. The van der Waals surface area contributed by atoms with Crippen LogP contribution in [0.15, 0.2) is 71.6 Å². The number of carbonyl (C=O) groups excluding carboxylic acids is 1. The number of methoxy groups -OCH3 is 2. The molecule has 0 fully saturated rings. The standard InChI is InChI=1S/C27H31ClN2O5S2/c1-20-8-11-24(12-9-20)37(32,33)30(23-10-13-25(34-2)26(17-23)35-3)18-27(31)29-14-5-15-36-19-21-6-4-7-22(28)16-21/h4,6-13,16-17H,5,14-15,18-19H2,1-3H3,(H,29,31). The summed E-state index contributed by atoms with van der Waals surface area (Å²) in [4.78, 5) is 12.9. The largest absolute Gasteiger partial charge is 0.493 e. The molecule has 1 N–H and O–H groups in total. The smallest absolute Gasteiger partial charge is 0.264 e. The van der Waals surface area contributed by atoms with Crippen LogP contribution in [0.25, 0.3) is 0 Å². The summed E-state index contributed by atoms with van der Waals surface area (Å²) in [5.74, 6) is 2.09. The highest BCUT2D eigenvalue weighted by Crippen LogP contribution is 2.33. The molecule has 1 amide bonds. The molecule has 0 spiro atoms. The molecule has 3 aromatic carbocycles. The van der Waals surface area contributed by atoms with Crippen LogP contribution in [-0.2, 0) is 20.6 Å². The van der Waals surface area contributed by atoms with E-state index in [9.17, 15) is 13.2 Å². The Morgan fingerprint density at radius 3 is 2.41 bits per heavy atom. The summed E-state index contributed by atoms with van der Waals surface area (Å²) in [6.45, 7) is 1.94. The zero-order valence-corrected chi connectivity index (χ0v) is 23.5. The van der Waals surface area contributed by atoms with Gasteiger partial charge in [-0.3, -0.25) is 9.10 Å². The summed E-state index contributed by atoms with van der Waals surface area (Å²) < 4.78 is 38.8. The van der Waals surface area contributed by atoms with Gasteiger partial charge in [0.2, 0.25) is 5.91 Å². The maximum atomic E-state index is 13.6. The van der Waals surface area contributed by atoms with Gasteiger partial charge in [-0.2, -0.15) is 11.8 Å². The third-order valence-corrected chi connectivity index (χ3v) is 8.63. The van der Waals surface area contributed by atoms with Crippen molar-refractivity contribution in [3.63, 3.8) is 0 Å². The van der Waals surface area contributed by atoms with E-state index in [1.165, 1.54) is 26.4 Å². The van der Waals surface area contributed by atoms with Crippen molar-refractivity contribution in [3.05, 3.63) is 82.9 Å². The summed E-state index contributed by atoms with van der Waals surface area (Å²) in [5, 5.41) is 3.55. The van der Waals surface area contributed by atoms with Gasteiger partial charge in [0.15, 0.2) is 11.5 Å². The van der Waals surface area contributed by atoms with Gasteiger partial charge in [-0.25, -0.2) is 8.42 Å². The topological polar surface area (TPSA) is 84.9 Å². The van der Waals surface area contributed by atoms with Crippen molar-refractivity contribution < 1.29 is 22.7 Å². The Labute approximate surface area is 228 Å². The molecule has 10 heteroatoms. The molecule has 0 radical (unpaired) electrons. The Kier molecular flexibility index (Phi) is 10.5. The fourth-order valence-corrected chi connectivity index (χ4v) is 6.07. The minimum Gasteiger partial charge on any atom is -0.493 e. The van der Waals surface area contributed by atoms with Gasteiger partial charge in [0, 0.05) is 23.4 Å². The molecule has 0 unspecified atom stereocenters. The lowest BCUT2D eigenvalue weighted by Gasteiger charge is -2.25. The lowest BCUT2D eigenvalue weighted by molar-refractivity contribution is -0.119. The van der Waals surface area contributed by atoms with Crippen LogP contribution in [0.4, 0.5) is 5.69 Å². The number of nitrogens with zero attached hydrogens (tertiary/aromatic N) is 1. The van der Waals surface area contributed by atoms with Crippen LogP contribution in [0, 0.1) is 6.92 Å².